The van der Waals surface area contributed by atoms with Gasteiger partial charge in [0.05, 0.1) is 0 Å². The summed E-state index contributed by atoms with van der Waals surface area (Å²) < 4.78 is 3.08. The highest BCUT2D eigenvalue weighted by Gasteiger charge is 2.27. The molecule has 2 aliphatic rings. The van der Waals surface area contributed by atoms with E-state index in [4.69, 9.17) is 0 Å². The smallest absolute Gasteiger partial charge is 0.267 e. The van der Waals surface area contributed by atoms with Crippen LogP contribution < -0.4 is 10.6 Å². The Labute approximate surface area is 127 Å². The second-order valence-electron chi connectivity index (χ2n) is 5.50. The average molecular weight is 338 g/mol. The normalized spacial score (nSPS) is 18.8. The van der Waals surface area contributed by atoms with Crippen molar-refractivity contribution in [2.24, 2.45) is 0 Å². The molecule has 1 aromatic rings. The molecule has 4 nitrogen and oxygen atoms in total. The molecule has 0 unspecified atom stereocenters. The third-order valence-corrected chi connectivity index (χ3v) is 4.31. The van der Waals surface area contributed by atoms with Crippen molar-refractivity contribution in [3.05, 3.63) is 34.1 Å². The van der Waals surface area contributed by atoms with Crippen molar-refractivity contribution in [1.29, 1.82) is 0 Å². The zero-order chi connectivity index (χ0) is 13.9. The maximum absolute atomic E-state index is 12.3. The first-order valence-corrected chi connectivity index (χ1v) is 8.07. The number of amides is 1. The summed E-state index contributed by atoms with van der Waals surface area (Å²) in [4.78, 5) is 12.3. The minimum atomic E-state index is 0.0390. The van der Waals surface area contributed by atoms with Gasteiger partial charge in [0.25, 0.3) is 5.91 Å². The first-order chi connectivity index (χ1) is 9.74. The number of halogens is 1. The molecule has 1 aromatic heterocycles. The maximum atomic E-state index is 12.3. The van der Waals surface area contributed by atoms with Crippen LogP contribution in [0.1, 0.15) is 42.2 Å². The van der Waals surface area contributed by atoms with Gasteiger partial charge in [-0.25, -0.2) is 0 Å². The lowest BCUT2D eigenvalue weighted by Crippen LogP contribution is -2.28. The Morgan fingerprint density at radius 2 is 2.35 bits per heavy atom. The fraction of sp³-hybridized carbons (Fsp3) is 0.533. The fourth-order valence-corrected chi connectivity index (χ4v) is 3.04. The highest BCUT2D eigenvalue weighted by molar-refractivity contribution is 9.10. The van der Waals surface area contributed by atoms with Crippen LogP contribution in [0.4, 0.5) is 0 Å². The molecule has 3 rings (SSSR count). The summed E-state index contributed by atoms with van der Waals surface area (Å²) in [5.41, 5.74) is 2.22. The second-order valence-corrected chi connectivity index (χ2v) is 6.42. The maximum Gasteiger partial charge on any atom is 0.267 e. The standard InChI is InChI=1S/C15H20BrN3O/c16-12-9-14(19(10-12)13-1-2-13)15(20)18-8-5-11-3-6-17-7-4-11/h3,9-10,13,17H,1-2,4-8H2,(H,18,20). The first kappa shape index (κ1) is 13.9. The molecule has 1 aliphatic carbocycles. The molecule has 0 aromatic carbocycles. The summed E-state index contributed by atoms with van der Waals surface area (Å²) in [7, 11) is 0. The van der Waals surface area contributed by atoms with Crippen molar-refractivity contribution in [2.45, 2.75) is 31.7 Å². The summed E-state index contributed by atoms with van der Waals surface area (Å²) in [5, 5.41) is 6.34. The van der Waals surface area contributed by atoms with E-state index in [2.05, 4.69) is 37.2 Å². The Kier molecular flexibility index (Phi) is 4.27. The zero-order valence-electron chi connectivity index (χ0n) is 11.5. The van der Waals surface area contributed by atoms with Crippen LogP contribution in [-0.2, 0) is 0 Å². The van der Waals surface area contributed by atoms with Crippen molar-refractivity contribution in [3.63, 3.8) is 0 Å². The molecule has 0 spiro atoms. The number of nitrogens with one attached hydrogen (secondary N) is 2. The third-order valence-electron chi connectivity index (χ3n) is 3.88. The largest absolute Gasteiger partial charge is 0.350 e. The molecular formula is C15H20BrN3O. The van der Waals surface area contributed by atoms with Crippen molar-refractivity contribution in [1.82, 2.24) is 15.2 Å². The highest BCUT2D eigenvalue weighted by Crippen LogP contribution is 2.37. The third kappa shape index (κ3) is 3.33. The van der Waals surface area contributed by atoms with Crippen LogP contribution in [0.15, 0.2) is 28.4 Å². The predicted molar refractivity (Wildman–Crippen MR) is 82.9 cm³/mol. The molecular weight excluding hydrogens is 318 g/mol. The van der Waals surface area contributed by atoms with Gasteiger partial charge in [-0.15, -0.1) is 0 Å². The van der Waals surface area contributed by atoms with Crippen LogP contribution in [0, 0.1) is 0 Å². The van der Waals surface area contributed by atoms with Gasteiger partial charge in [0, 0.05) is 29.8 Å². The number of rotatable bonds is 5. The van der Waals surface area contributed by atoms with Crippen LogP contribution in [0.3, 0.4) is 0 Å². The molecule has 5 heteroatoms. The number of carbonyl (C=O) groups excluding carboxylic acids is 1. The molecule has 0 bridgehead atoms. The molecule has 2 heterocycles. The molecule has 0 radical (unpaired) electrons. The molecule has 1 saturated carbocycles. The highest BCUT2D eigenvalue weighted by atomic mass is 79.9. The summed E-state index contributed by atoms with van der Waals surface area (Å²) in [6, 6.07) is 2.44. The molecule has 0 saturated heterocycles. The lowest BCUT2D eigenvalue weighted by molar-refractivity contribution is 0.0944. The predicted octanol–water partition coefficient (Wildman–Crippen LogP) is 2.63. The SMILES string of the molecule is O=C(NCCC1=CCNCC1)c1cc(Br)cn1C1CC1. The Morgan fingerprint density at radius 1 is 1.50 bits per heavy atom. The van der Waals surface area contributed by atoms with Gasteiger partial charge in [-0.2, -0.15) is 0 Å². The fourth-order valence-electron chi connectivity index (χ4n) is 2.61. The monoisotopic (exact) mass is 337 g/mol. The molecule has 20 heavy (non-hydrogen) atoms. The van der Waals surface area contributed by atoms with Gasteiger partial charge in [0.15, 0.2) is 0 Å². The number of aromatic nitrogens is 1. The van der Waals surface area contributed by atoms with Crippen LogP contribution >= 0.6 is 15.9 Å². The summed E-state index contributed by atoms with van der Waals surface area (Å²) in [5.74, 6) is 0.0390. The average Bonchev–Trinajstić information content (AvgIpc) is 3.22. The number of hydrogen-bond donors (Lipinski definition) is 2. The summed E-state index contributed by atoms with van der Waals surface area (Å²) >= 11 is 3.46. The van der Waals surface area contributed by atoms with Crippen molar-refractivity contribution in [2.75, 3.05) is 19.6 Å². The van der Waals surface area contributed by atoms with E-state index in [1.54, 1.807) is 0 Å². The van der Waals surface area contributed by atoms with Gasteiger partial charge in [0.1, 0.15) is 5.69 Å². The Bertz CT molecular complexity index is 531. The molecule has 1 fully saturated rings. The van der Waals surface area contributed by atoms with E-state index in [-0.39, 0.29) is 5.91 Å². The quantitative estimate of drug-likeness (QED) is 0.811. The first-order valence-electron chi connectivity index (χ1n) is 7.28. The van der Waals surface area contributed by atoms with E-state index in [1.807, 2.05) is 12.3 Å². The van der Waals surface area contributed by atoms with Crippen LogP contribution in [0.2, 0.25) is 0 Å². The van der Waals surface area contributed by atoms with Crippen LogP contribution in [-0.4, -0.2) is 30.1 Å². The summed E-state index contributed by atoms with van der Waals surface area (Å²) in [6.07, 6.45) is 8.67. The lowest BCUT2D eigenvalue weighted by atomic mass is 10.1. The van der Waals surface area contributed by atoms with E-state index in [0.29, 0.717) is 6.04 Å². The van der Waals surface area contributed by atoms with Gasteiger partial charge in [-0.05, 0) is 54.2 Å². The van der Waals surface area contributed by atoms with Crippen LogP contribution in [0.25, 0.3) is 0 Å². The molecule has 1 amide bonds. The summed E-state index contributed by atoms with van der Waals surface area (Å²) in [6.45, 7) is 2.73. The van der Waals surface area contributed by atoms with Gasteiger partial charge in [0.2, 0.25) is 0 Å². The topological polar surface area (TPSA) is 46.1 Å². The Hall–Kier alpha value is -1.07. The minimum absolute atomic E-state index is 0.0390. The van der Waals surface area contributed by atoms with Gasteiger partial charge in [-0.3, -0.25) is 4.79 Å². The molecule has 0 atom stereocenters. The van der Waals surface area contributed by atoms with E-state index < -0.39 is 0 Å². The number of carbonyl (C=O) groups is 1. The number of hydrogen-bond acceptors (Lipinski definition) is 2. The van der Waals surface area contributed by atoms with Gasteiger partial charge < -0.3 is 15.2 Å². The van der Waals surface area contributed by atoms with Crippen molar-refractivity contribution >= 4 is 21.8 Å². The lowest BCUT2D eigenvalue weighted by Gasteiger charge is -2.14. The molecule has 1 aliphatic heterocycles. The van der Waals surface area contributed by atoms with E-state index in [1.165, 1.54) is 18.4 Å². The van der Waals surface area contributed by atoms with Crippen LogP contribution in [0.5, 0.6) is 0 Å². The van der Waals surface area contributed by atoms with E-state index >= 15 is 0 Å². The Balaban J connectivity index is 1.55. The second kappa shape index (κ2) is 6.14. The van der Waals surface area contributed by atoms with Gasteiger partial charge in [-0.1, -0.05) is 11.6 Å². The zero-order valence-corrected chi connectivity index (χ0v) is 13.1. The van der Waals surface area contributed by atoms with E-state index in [9.17, 15) is 4.79 Å². The van der Waals surface area contributed by atoms with Crippen molar-refractivity contribution < 1.29 is 4.79 Å². The van der Waals surface area contributed by atoms with Gasteiger partial charge >= 0.3 is 0 Å². The number of nitrogens with zero attached hydrogens (tertiary/aromatic N) is 1. The molecule has 2 N–H and O–H groups in total. The minimum Gasteiger partial charge on any atom is -0.350 e. The van der Waals surface area contributed by atoms with E-state index in [0.717, 1.165) is 42.6 Å². The Morgan fingerprint density at radius 3 is 3.05 bits per heavy atom. The van der Waals surface area contributed by atoms with Crippen molar-refractivity contribution in [3.8, 4) is 0 Å². The molecule has 108 valence electrons.